The van der Waals surface area contributed by atoms with E-state index in [4.69, 9.17) is 0 Å². The van der Waals surface area contributed by atoms with E-state index >= 15 is 0 Å². The summed E-state index contributed by atoms with van der Waals surface area (Å²) in [5.41, 5.74) is 0.719. The van der Waals surface area contributed by atoms with Crippen LogP contribution in [0.5, 0.6) is 0 Å². The van der Waals surface area contributed by atoms with Crippen LogP contribution >= 0.6 is 27.3 Å². The summed E-state index contributed by atoms with van der Waals surface area (Å²) < 4.78 is 2.68. The molecule has 0 bridgehead atoms. The SMILES string of the molecule is CN(C)C=c1sc2c(C#N)cc(C(=O)c3ccc(Br)cc3)n2c1=O. The minimum atomic E-state index is -0.287. The molecule has 3 rings (SSSR count). The highest BCUT2D eigenvalue weighted by Crippen LogP contribution is 2.20. The molecule has 3 aromatic rings. The largest absolute Gasteiger partial charge is 0.382 e. The van der Waals surface area contributed by atoms with Gasteiger partial charge in [-0.05, 0) is 30.3 Å². The van der Waals surface area contributed by atoms with Crippen LogP contribution in [0.25, 0.3) is 11.0 Å². The number of halogens is 1. The quantitative estimate of drug-likeness (QED) is 0.631. The number of hydrogen-bond donors (Lipinski definition) is 0. The topological polar surface area (TPSA) is 65.6 Å². The fraction of sp³-hybridized carbons (Fsp3) is 0.118. The van der Waals surface area contributed by atoms with E-state index in [2.05, 4.69) is 22.0 Å². The lowest BCUT2D eigenvalue weighted by molar-refractivity contribution is 0.103. The maximum Gasteiger partial charge on any atom is 0.275 e. The zero-order valence-electron chi connectivity index (χ0n) is 12.9. The molecule has 0 atom stereocenters. The molecule has 0 unspecified atom stereocenters. The summed E-state index contributed by atoms with van der Waals surface area (Å²) in [6, 6.07) is 10.4. The van der Waals surface area contributed by atoms with Gasteiger partial charge in [-0.25, -0.2) is 0 Å². The van der Waals surface area contributed by atoms with Crippen molar-refractivity contribution in [1.82, 2.24) is 9.30 Å². The fourth-order valence-corrected chi connectivity index (χ4v) is 3.77. The number of aromatic nitrogens is 1. The van der Waals surface area contributed by atoms with Gasteiger partial charge in [0, 0.05) is 30.3 Å². The van der Waals surface area contributed by atoms with Crippen molar-refractivity contribution >= 4 is 44.1 Å². The normalized spacial score (nSPS) is 11.7. The summed E-state index contributed by atoms with van der Waals surface area (Å²) in [4.78, 5) is 27.7. The molecular weight excluding hydrogens is 390 g/mol. The molecule has 24 heavy (non-hydrogen) atoms. The number of nitriles is 1. The van der Waals surface area contributed by atoms with Gasteiger partial charge in [-0.15, -0.1) is 11.3 Å². The molecule has 0 N–H and O–H groups in total. The van der Waals surface area contributed by atoms with Gasteiger partial charge < -0.3 is 4.90 Å². The van der Waals surface area contributed by atoms with Gasteiger partial charge in [0.25, 0.3) is 5.56 Å². The van der Waals surface area contributed by atoms with E-state index < -0.39 is 0 Å². The van der Waals surface area contributed by atoms with Crippen molar-refractivity contribution < 1.29 is 4.79 Å². The molecule has 7 heteroatoms. The molecule has 120 valence electrons. The van der Waals surface area contributed by atoms with Crippen LogP contribution < -0.4 is 10.1 Å². The fourth-order valence-electron chi connectivity index (χ4n) is 2.37. The van der Waals surface area contributed by atoms with Crippen molar-refractivity contribution in [3.8, 4) is 6.07 Å². The summed E-state index contributed by atoms with van der Waals surface area (Å²) in [7, 11) is 3.63. The Kier molecular flexibility index (Phi) is 4.26. The highest BCUT2D eigenvalue weighted by Gasteiger charge is 2.21. The molecule has 1 aromatic carbocycles. The molecule has 0 aliphatic rings. The molecule has 0 saturated carbocycles. The van der Waals surface area contributed by atoms with E-state index in [0.29, 0.717) is 20.5 Å². The third-order valence-corrected chi connectivity index (χ3v) is 5.04. The molecule has 0 aliphatic heterocycles. The number of carbonyl (C=O) groups excluding carboxylic acids is 1. The van der Waals surface area contributed by atoms with Crippen molar-refractivity contribution in [1.29, 1.82) is 5.26 Å². The minimum absolute atomic E-state index is 0.212. The lowest BCUT2D eigenvalue weighted by Crippen LogP contribution is -2.27. The number of carbonyl (C=O) groups is 1. The Hall–Kier alpha value is -2.43. The maximum absolute atomic E-state index is 12.8. The number of hydrogen-bond acceptors (Lipinski definition) is 5. The van der Waals surface area contributed by atoms with Crippen molar-refractivity contribution in [2.24, 2.45) is 0 Å². The molecule has 2 aromatic heterocycles. The number of fused-ring (bicyclic) bond motifs is 1. The highest BCUT2D eigenvalue weighted by molar-refractivity contribution is 9.10. The second-order valence-corrected chi connectivity index (χ2v) is 7.34. The Morgan fingerprint density at radius 3 is 2.58 bits per heavy atom. The number of thiazole rings is 1. The van der Waals surface area contributed by atoms with E-state index in [0.717, 1.165) is 4.47 Å². The highest BCUT2D eigenvalue weighted by atomic mass is 79.9. The van der Waals surface area contributed by atoms with Crippen molar-refractivity contribution in [2.45, 2.75) is 0 Å². The first kappa shape index (κ1) is 16.4. The maximum atomic E-state index is 12.8. The molecule has 0 amide bonds. The van der Waals surface area contributed by atoms with Crippen LogP contribution in [0.2, 0.25) is 0 Å². The van der Waals surface area contributed by atoms with Gasteiger partial charge in [0.05, 0.1) is 11.3 Å². The predicted molar refractivity (Wildman–Crippen MR) is 97.2 cm³/mol. The lowest BCUT2D eigenvalue weighted by Gasteiger charge is -2.01. The second kappa shape index (κ2) is 6.23. The number of rotatable bonds is 3. The van der Waals surface area contributed by atoms with Crippen molar-refractivity contribution in [3.05, 3.63) is 66.5 Å². The molecule has 0 fully saturated rings. The Morgan fingerprint density at radius 2 is 2.00 bits per heavy atom. The first-order valence-corrected chi connectivity index (χ1v) is 8.60. The van der Waals surface area contributed by atoms with Gasteiger partial charge in [-0.1, -0.05) is 15.9 Å². The Morgan fingerprint density at radius 1 is 1.33 bits per heavy atom. The Bertz CT molecular complexity index is 1090. The van der Waals surface area contributed by atoms with Gasteiger partial charge >= 0.3 is 0 Å². The summed E-state index contributed by atoms with van der Waals surface area (Å²) in [5.74, 6) is -0.287. The van der Waals surface area contributed by atoms with Crippen LogP contribution in [-0.2, 0) is 0 Å². The molecule has 0 radical (unpaired) electrons. The van der Waals surface area contributed by atoms with Crippen LogP contribution in [0.1, 0.15) is 21.6 Å². The summed E-state index contributed by atoms with van der Waals surface area (Å²) >= 11 is 4.54. The number of ketones is 1. The number of nitrogens with zero attached hydrogens (tertiary/aromatic N) is 3. The average molecular weight is 402 g/mol. The zero-order valence-corrected chi connectivity index (χ0v) is 15.3. The van der Waals surface area contributed by atoms with Gasteiger partial charge in [0.15, 0.2) is 0 Å². The molecule has 0 spiro atoms. The smallest absolute Gasteiger partial charge is 0.275 e. The van der Waals surface area contributed by atoms with Crippen molar-refractivity contribution in [3.63, 3.8) is 0 Å². The van der Waals surface area contributed by atoms with E-state index in [-0.39, 0.29) is 17.0 Å². The molecule has 0 saturated heterocycles. The average Bonchev–Trinajstić information content (AvgIpc) is 3.05. The van der Waals surface area contributed by atoms with Gasteiger partial charge in [-0.3, -0.25) is 14.0 Å². The van der Waals surface area contributed by atoms with Crippen LogP contribution in [0.15, 0.2) is 39.6 Å². The van der Waals surface area contributed by atoms with Crippen LogP contribution in [0, 0.1) is 11.3 Å². The molecular formula is C17H12BrN3O2S. The molecule has 5 nitrogen and oxygen atoms in total. The number of benzene rings is 1. The third kappa shape index (κ3) is 2.75. The van der Waals surface area contributed by atoms with E-state index in [1.54, 1.807) is 35.4 Å². The monoisotopic (exact) mass is 401 g/mol. The van der Waals surface area contributed by atoms with Gasteiger partial charge in [0.2, 0.25) is 5.78 Å². The van der Waals surface area contributed by atoms with Crippen LogP contribution in [-0.4, -0.2) is 29.2 Å². The summed E-state index contributed by atoms with van der Waals surface area (Å²) in [6.45, 7) is 0. The van der Waals surface area contributed by atoms with E-state index in [9.17, 15) is 14.9 Å². The zero-order chi connectivity index (χ0) is 17.4. The first-order valence-electron chi connectivity index (χ1n) is 6.99. The third-order valence-electron chi connectivity index (χ3n) is 3.41. The first-order chi connectivity index (χ1) is 11.4. The van der Waals surface area contributed by atoms with E-state index in [1.807, 2.05) is 14.1 Å². The minimum Gasteiger partial charge on any atom is -0.382 e. The summed E-state index contributed by atoms with van der Waals surface area (Å²) in [5, 5.41) is 9.32. The second-order valence-electron chi connectivity index (χ2n) is 5.40. The predicted octanol–water partition coefficient (Wildman–Crippen LogP) is 2.24. The van der Waals surface area contributed by atoms with Gasteiger partial charge in [0.1, 0.15) is 15.4 Å². The van der Waals surface area contributed by atoms with E-state index in [1.165, 1.54) is 21.8 Å². The van der Waals surface area contributed by atoms with Crippen molar-refractivity contribution in [2.75, 3.05) is 14.1 Å². The lowest BCUT2D eigenvalue weighted by atomic mass is 10.1. The molecule has 0 aliphatic carbocycles. The van der Waals surface area contributed by atoms with Gasteiger partial charge in [-0.2, -0.15) is 5.26 Å². The summed E-state index contributed by atoms with van der Waals surface area (Å²) in [6.07, 6.45) is 1.69. The Balaban J connectivity index is 2.27. The molecule has 2 heterocycles. The van der Waals surface area contributed by atoms with Crippen LogP contribution in [0.3, 0.4) is 0 Å². The standard InChI is InChI=1S/C17H12BrN3O2S/c1-20(2)9-14-16(23)21-13(7-11(8-19)17(21)24-14)15(22)10-3-5-12(18)6-4-10/h3-7,9H,1-2H3. The van der Waals surface area contributed by atoms with Crippen LogP contribution in [0.4, 0.5) is 0 Å². The Labute approximate surface area is 150 Å².